The quantitative estimate of drug-likeness (QED) is 0.716. The van der Waals surface area contributed by atoms with Crippen molar-refractivity contribution in [3.05, 3.63) is 66.2 Å². The average molecular weight is 405 g/mol. The van der Waals surface area contributed by atoms with Gasteiger partial charge >= 0.3 is 5.63 Å². The van der Waals surface area contributed by atoms with E-state index in [2.05, 4.69) is 25.9 Å². The predicted molar refractivity (Wildman–Crippen MR) is 98.2 cm³/mol. The Kier molecular flexibility index (Phi) is 4.76. The van der Waals surface area contributed by atoms with Gasteiger partial charge in [-0.15, -0.1) is 0 Å². The number of rotatable bonds is 4. The zero-order valence-electron chi connectivity index (χ0n) is 14.1. The van der Waals surface area contributed by atoms with Crippen LogP contribution in [0.4, 0.5) is 0 Å². The number of aryl methyl sites for hydroxylation is 2. The van der Waals surface area contributed by atoms with Gasteiger partial charge in [0.15, 0.2) is 0 Å². The number of hydrogen-bond donors (Lipinski definition) is 1. The molecule has 7 heteroatoms. The minimum Gasteiger partial charge on any atom is -0.457 e. The Morgan fingerprint density at radius 3 is 2.72 bits per heavy atom. The summed E-state index contributed by atoms with van der Waals surface area (Å²) in [5, 5.41) is 0.278. The second-order valence-corrected chi connectivity index (χ2v) is 6.73. The summed E-state index contributed by atoms with van der Waals surface area (Å²) in [6.45, 7) is 5.69. The molecule has 0 aliphatic heterocycles. The fourth-order valence-electron chi connectivity index (χ4n) is 2.70. The predicted octanol–water partition coefficient (Wildman–Crippen LogP) is 3.65. The summed E-state index contributed by atoms with van der Waals surface area (Å²) in [5.74, 6) is 0. The van der Waals surface area contributed by atoms with Crippen molar-refractivity contribution >= 4 is 27.0 Å². The van der Waals surface area contributed by atoms with Crippen LogP contribution in [-0.2, 0) is 6.42 Å². The molecule has 3 aromatic rings. The summed E-state index contributed by atoms with van der Waals surface area (Å²) in [6, 6.07) is 7.25. The maximum absolute atomic E-state index is 12.4. The zero-order chi connectivity index (χ0) is 18.1. The van der Waals surface area contributed by atoms with Crippen molar-refractivity contribution in [2.75, 3.05) is 0 Å². The van der Waals surface area contributed by atoms with E-state index >= 15 is 0 Å². The van der Waals surface area contributed by atoms with Crippen molar-refractivity contribution in [3.8, 4) is 6.01 Å². The first-order valence-corrected chi connectivity index (χ1v) is 8.67. The van der Waals surface area contributed by atoms with Crippen LogP contribution >= 0.6 is 15.9 Å². The summed E-state index contributed by atoms with van der Waals surface area (Å²) in [5.41, 5.74) is 1.67. The maximum atomic E-state index is 12.4. The fraction of sp³-hybridized carbons (Fsp3) is 0.278. The Hall–Kier alpha value is -2.41. The average Bonchev–Trinajstić information content (AvgIpc) is 2.52. The molecule has 0 aliphatic carbocycles. The van der Waals surface area contributed by atoms with Gasteiger partial charge in [0.05, 0.1) is 0 Å². The second kappa shape index (κ2) is 6.84. The van der Waals surface area contributed by atoms with Crippen LogP contribution in [0.1, 0.15) is 36.6 Å². The van der Waals surface area contributed by atoms with Crippen molar-refractivity contribution in [2.24, 2.45) is 0 Å². The molecule has 0 bridgehead atoms. The monoisotopic (exact) mass is 404 g/mol. The topological polar surface area (TPSA) is 85.2 Å². The molecule has 1 atom stereocenters. The number of ether oxygens (including phenoxy) is 1. The van der Waals surface area contributed by atoms with E-state index in [1.807, 2.05) is 39.0 Å². The molecule has 0 saturated carbocycles. The van der Waals surface area contributed by atoms with Crippen molar-refractivity contribution < 1.29 is 9.15 Å². The lowest BCUT2D eigenvalue weighted by Crippen LogP contribution is -2.16. The molecule has 0 aliphatic rings. The number of fused-ring (bicyclic) bond motifs is 1. The highest BCUT2D eigenvalue weighted by atomic mass is 79.9. The highest BCUT2D eigenvalue weighted by molar-refractivity contribution is 9.10. The Balaban J connectivity index is 2.02. The molecule has 0 radical (unpaired) electrons. The van der Waals surface area contributed by atoms with Crippen LogP contribution in [0.25, 0.3) is 11.1 Å². The lowest BCUT2D eigenvalue weighted by molar-refractivity contribution is 0.206. The zero-order valence-corrected chi connectivity index (χ0v) is 15.6. The van der Waals surface area contributed by atoms with Crippen molar-refractivity contribution in [1.29, 1.82) is 0 Å². The van der Waals surface area contributed by atoms with Gasteiger partial charge in [-0.25, -0.2) is 4.79 Å². The molecule has 0 fully saturated rings. The van der Waals surface area contributed by atoms with Gasteiger partial charge in [-0.3, -0.25) is 9.78 Å². The van der Waals surface area contributed by atoms with Crippen LogP contribution in [0.2, 0.25) is 0 Å². The standard InChI is InChI=1S/C18H17BrN2O4/c1-4-11-8-14(22)25-17-15(11)16(23)20-18(21-17)24-10(3)12-5-9(2)6-13(19)7-12/h5-8,10H,4H2,1-3H3,(H,20,21,23)/t10-/m0/s1. The third kappa shape index (κ3) is 3.66. The molecule has 0 unspecified atom stereocenters. The Bertz CT molecular complexity index is 1030. The summed E-state index contributed by atoms with van der Waals surface area (Å²) in [4.78, 5) is 30.8. The number of aromatic nitrogens is 2. The first-order valence-electron chi connectivity index (χ1n) is 7.88. The van der Waals surface area contributed by atoms with Crippen molar-refractivity contribution in [3.63, 3.8) is 0 Å². The minimum absolute atomic E-state index is 0.0130. The van der Waals surface area contributed by atoms with Gasteiger partial charge in [0.2, 0.25) is 5.71 Å². The lowest BCUT2D eigenvalue weighted by Gasteiger charge is -2.15. The number of H-pyrrole nitrogens is 1. The molecule has 2 aromatic heterocycles. The molecular formula is C18H17BrN2O4. The Morgan fingerprint density at radius 2 is 2.04 bits per heavy atom. The highest BCUT2D eigenvalue weighted by Gasteiger charge is 2.15. The van der Waals surface area contributed by atoms with E-state index in [9.17, 15) is 9.59 Å². The number of hydrogen-bond acceptors (Lipinski definition) is 5. The molecule has 25 heavy (non-hydrogen) atoms. The fourth-order valence-corrected chi connectivity index (χ4v) is 3.32. The number of nitrogens with one attached hydrogen (secondary N) is 1. The van der Waals surface area contributed by atoms with Crippen LogP contribution < -0.4 is 15.9 Å². The van der Waals surface area contributed by atoms with Gasteiger partial charge in [-0.05, 0) is 49.1 Å². The molecule has 0 amide bonds. The van der Waals surface area contributed by atoms with E-state index < -0.39 is 11.2 Å². The normalized spacial score (nSPS) is 12.3. The number of halogens is 1. The SMILES string of the molecule is CCc1cc(=O)oc2nc(O[C@@H](C)c3cc(C)cc(Br)c3)[nH]c(=O)c12. The van der Waals surface area contributed by atoms with Crippen LogP contribution in [0.15, 0.2) is 42.7 Å². The summed E-state index contributed by atoms with van der Waals surface area (Å²) < 4.78 is 11.8. The summed E-state index contributed by atoms with van der Waals surface area (Å²) >= 11 is 3.46. The van der Waals surface area contributed by atoms with E-state index in [0.29, 0.717) is 12.0 Å². The first-order chi connectivity index (χ1) is 11.9. The number of aromatic amines is 1. The lowest BCUT2D eigenvalue weighted by atomic mass is 10.1. The molecule has 2 heterocycles. The molecule has 0 saturated heterocycles. The molecule has 130 valence electrons. The Morgan fingerprint density at radius 1 is 1.28 bits per heavy atom. The molecule has 6 nitrogen and oxygen atoms in total. The second-order valence-electron chi connectivity index (χ2n) is 5.82. The molecule has 1 aromatic carbocycles. The van der Waals surface area contributed by atoms with E-state index in [0.717, 1.165) is 15.6 Å². The molecule has 3 rings (SSSR count). The third-order valence-electron chi connectivity index (χ3n) is 3.88. The van der Waals surface area contributed by atoms with Crippen molar-refractivity contribution in [2.45, 2.75) is 33.3 Å². The van der Waals surface area contributed by atoms with Crippen molar-refractivity contribution in [1.82, 2.24) is 9.97 Å². The van der Waals surface area contributed by atoms with Crippen LogP contribution in [0, 0.1) is 6.92 Å². The minimum atomic E-state index is -0.538. The van der Waals surface area contributed by atoms with E-state index in [-0.39, 0.29) is 23.2 Å². The van der Waals surface area contributed by atoms with Gasteiger partial charge in [0.25, 0.3) is 11.6 Å². The number of benzene rings is 1. The van der Waals surface area contributed by atoms with Gasteiger partial charge in [-0.1, -0.05) is 28.9 Å². The van der Waals surface area contributed by atoms with Crippen LogP contribution in [0.5, 0.6) is 6.01 Å². The Labute approximate surface area is 152 Å². The van der Waals surface area contributed by atoms with Gasteiger partial charge in [-0.2, -0.15) is 4.98 Å². The largest absolute Gasteiger partial charge is 0.457 e. The molecule has 0 spiro atoms. The summed E-state index contributed by atoms with van der Waals surface area (Å²) in [6.07, 6.45) is 0.179. The smallest absolute Gasteiger partial charge is 0.337 e. The highest BCUT2D eigenvalue weighted by Crippen LogP contribution is 2.24. The van der Waals surface area contributed by atoms with Gasteiger partial charge in [0.1, 0.15) is 11.5 Å². The maximum Gasteiger partial charge on any atom is 0.337 e. The summed E-state index contributed by atoms with van der Waals surface area (Å²) in [7, 11) is 0. The van der Waals surface area contributed by atoms with E-state index in [4.69, 9.17) is 9.15 Å². The molecule has 1 N–H and O–H groups in total. The van der Waals surface area contributed by atoms with Gasteiger partial charge < -0.3 is 9.15 Å². The van der Waals surface area contributed by atoms with E-state index in [1.54, 1.807) is 0 Å². The third-order valence-corrected chi connectivity index (χ3v) is 4.34. The van der Waals surface area contributed by atoms with Crippen LogP contribution in [0.3, 0.4) is 0 Å². The number of nitrogens with zero attached hydrogens (tertiary/aromatic N) is 1. The van der Waals surface area contributed by atoms with Gasteiger partial charge in [0, 0.05) is 10.5 Å². The van der Waals surface area contributed by atoms with Crippen LogP contribution in [-0.4, -0.2) is 9.97 Å². The first kappa shape index (κ1) is 17.4. The molecular weight excluding hydrogens is 388 g/mol. The van der Waals surface area contributed by atoms with E-state index in [1.165, 1.54) is 6.07 Å².